The Morgan fingerprint density at radius 1 is 1.50 bits per heavy atom. The van der Waals surface area contributed by atoms with Crippen LogP contribution in [0.2, 0.25) is 0 Å². The van der Waals surface area contributed by atoms with E-state index < -0.39 is 12.0 Å². The molecule has 1 aliphatic rings. The van der Waals surface area contributed by atoms with Gasteiger partial charge >= 0.3 is 5.97 Å². The van der Waals surface area contributed by atoms with Gasteiger partial charge in [-0.1, -0.05) is 6.07 Å². The summed E-state index contributed by atoms with van der Waals surface area (Å²) in [5.74, 6) is -1.04. The van der Waals surface area contributed by atoms with Crippen molar-refractivity contribution in [3.8, 4) is 0 Å². The molecule has 1 unspecified atom stereocenters. The first-order valence-electron chi connectivity index (χ1n) is 5.32. The monoisotopic (exact) mass is 223 g/mol. The van der Waals surface area contributed by atoms with E-state index in [4.69, 9.17) is 5.11 Å². The lowest BCUT2D eigenvalue weighted by atomic mass is 9.98. The molecule has 0 aromatic heterocycles. The van der Waals surface area contributed by atoms with Gasteiger partial charge in [-0.2, -0.15) is 0 Å². The van der Waals surface area contributed by atoms with Gasteiger partial charge in [0.2, 0.25) is 0 Å². The summed E-state index contributed by atoms with van der Waals surface area (Å²) < 4.78 is 13.0. The molecule has 0 aliphatic carbocycles. The van der Waals surface area contributed by atoms with Crippen LogP contribution in [0.1, 0.15) is 18.1 Å². The molecule has 1 N–H and O–H groups in total. The minimum atomic E-state index is -0.814. The number of hydrogen-bond donors (Lipinski definition) is 1. The van der Waals surface area contributed by atoms with E-state index in [0.717, 1.165) is 11.1 Å². The molecule has 1 aromatic carbocycles. The summed E-state index contributed by atoms with van der Waals surface area (Å²) >= 11 is 0. The van der Waals surface area contributed by atoms with Gasteiger partial charge in [0, 0.05) is 13.1 Å². The fraction of sp³-hybridized carbons (Fsp3) is 0.417. The molecule has 4 heteroatoms. The smallest absolute Gasteiger partial charge is 0.320 e. The van der Waals surface area contributed by atoms with E-state index in [1.165, 1.54) is 12.1 Å². The van der Waals surface area contributed by atoms with E-state index in [0.29, 0.717) is 19.5 Å². The molecule has 0 radical (unpaired) electrons. The fourth-order valence-electron chi connectivity index (χ4n) is 2.03. The molecule has 0 bridgehead atoms. The zero-order valence-electron chi connectivity index (χ0n) is 9.11. The Morgan fingerprint density at radius 2 is 2.25 bits per heavy atom. The third kappa shape index (κ3) is 2.07. The van der Waals surface area contributed by atoms with Crippen molar-refractivity contribution in [2.45, 2.75) is 25.9 Å². The number of fused-ring (bicyclic) bond motifs is 1. The van der Waals surface area contributed by atoms with E-state index >= 15 is 0 Å². The number of nitrogens with zero attached hydrogens (tertiary/aromatic N) is 1. The van der Waals surface area contributed by atoms with Crippen LogP contribution in [0.25, 0.3) is 0 Å². The van der Waals surface area contributed by atoms with Crippen LogP contribution in [0.15, 0.2) is 18.2 Å². The first-order valence-corrected chi connectivity index (χ1v) is 5.32. The largest absolute Gasteiger partial charge is 0.480 e. The lowest BCUT2D eigenvalue weighted by Crippen LogP contribution is -2.42. The Balaban J connectivity index is 2.18. The Kier molecular flexibility index (Phi) is 2.92. The van der Waals surface area contributed by atoms with E-state index in [1.807, 2.05) is 4.90 Å². The summed E-state index contributed by atoms with van der Waals surface area (Å²) in [5.41, 5.74) is 2.02. The number of rotatable bonds is 2. The zero-order valence-corrected chi connectivity index (χ0v) is 9.11. The molecular weight excluding hydrogens is 209 g/mol. The zero-order chi connectivity index (χ0) is 11.7. The van der Waals surface area contributed by atoms with Crippen LogP contribution < -0.4 is 0 Å². The molecule has 16 heavy (non-hydrogen) atoms. The van der Waals surface area contributed by atoms with Crippen LogP contribution in [0.4, 0.5) is 4.39 Å². The van der Waals surface area contributed by atoms with Crippen molar-refractivity contribution >= 4 is 5.97 Å². The SMILES string of the molecule is CC(C(=O)O)N1CCc2cc(F)ccc2C1. The summed E-state index contributed by atoms with van der Waals surface area (Å²) in [7, 11) is 0. The second kappa shape index (κ2) is 4.22. The van der Waals surface area contributed by atoms with Crippen LogP contribution >= 0.6 is 0 Å². The molecule has 3 nitrogen and oxygen atoms in total. The topological polar surface area (TPSA) is 40.5 Å². The first kappa shape index (κ1) is 11.1. The standard InChI is InChI=1S/C12H14FNO2/c1-8(12(15)16)14-5-4-9-6-11(13)3-2-10(9)7-14/h2-3,6,8H,4-5,7H2,1H3,(H,15,16). The number of carboxylic acids is 1. The van der Waals surface area contributed by atoms with Crippen molar-refractivity contribution in [3.63, 3.8) is 0 Å². The third-order valence-electron chi connectivity index (χ3n) is 3.12. The van der Waals surface area contributed by atoms with E-state index in [9.17, 15) is 9.18 Å². The van der Waals surface area contributed by atoms with E-state index in [1.54, 1.807) is 13.0 Å². The lowest BCUT2D eigenvalue weighted by Gasteiger charge is -2.31. The van der Waals surface area contributed by atoms with Crippen molar-refractivity contribution < 1.29 is 14.3 Å². The van der Waals surface area contributed by atoms with Crippen LogP contribution in [0.3, 0.4) is 0 Å². The molecule has 1 aromatic rings. The molecule has 86 valence electrons. The molecule has 1 heterocycles. The quantitative estimate of drug-likeness (QED) is 0.828. The van der Waals surface area contributed by atoms with Gasteiger partial charge in [-0.05, 0) is 36.6 Å². The van der Waals surface area contributed by atoms with Crippen LogP contribution in [0.5, 0.6) is 0 Å². The minimum Gasteiger partial charge on any atom is -0.480 e. The van der Waals surface area contributed by atoms with Gasteiger partial charge in [0.05, 0.1) is 0 Å². The third-order valence-corrected chi connectivity index (χ3v) is 3.12. The fourth-order valence-corrected chi connectivity index (χ4v) is 2.03. The number of aliphatic carboxylic acids is 1. The second-order valence-corrected chi connectivity index (χ2v) is 4.15. The minimum absolute atomic E-state index is 0.224. The molecule has 0 saturated carbocycles. The molecule has 0 saturated heterocycles. The van der Waals surface area contributed by atoms with Crippen molar-refractivity contribution in [1.82, 2.24) is 4.90 Å². The van der Waals surface area contributed by atoms with Gasteiger partial charge in [-0.3, -0.25) is 9.69 Å². The van der Waals surface area contributed by atoms with Gasteiger partial charge in [0.15, 0.2) is 0 Å². The summed E-state index contributed by atoms with van der Waals surface area (Å²) in [6.07, 6.45) is 0.713. The van der Waals surface area contributed by atoms with Gasteiger partial charge in [-0.25, -0.2) is 4.39 Å². The van der Waals surface area contributed by atoms with Gasteiger partial charge < -0.3 is 5.11 Å². The molecule has 0 fully saturated rings. The second-order valence-electron chi connectivity index (χ2n) is 4.15. The number of hydrogen-bond acceptors (Lipinski definition) is 2. The van der Waals surface area contributed by atoms with Gasteiger partial charge in [0.25, 0.3) is 0 Å². The number of carbonyl (C=O) groups is 1. The normalized spacial score (nSPS) is 17.9. The average Bonchev–Trinajstić information content (AvgIpc) is 2.27. The van der Waals surface area contributed by atoms with E-state index in [-0.39, 0.29) is 5.82 Å². The summed E-state index contributed by atoms with van der Waals surface area (Å²) in [6, 6.07) is 4.22. The molecule has 0 spiro atoms. The van der Waals surface area contributed by atoms with Gasteiger partial charge in [0.1, 0.15) is 11.9 Å². The van der Waals surface area contributed by atoms with E-state index in [2.05, 4.69) is 0 Å². The lowest BCUT2D eigenvalue weighted by molar-refractivity contribution is -0.143. The number of halogens is 1. The first-order chi connectivity index (χ1) is 7.58. The molecular formula is C12H14FNO2. The number of carboxylic acid groups (broad SMARTS) is 1. The maximum atomic E-state index is 13.0. The van der Waals surface area contributed by atoms with Gasteiger partial charge in [-0.15, -0.1) is 0 Å². The number of benzene rings is 1. The predicted octanol–water partition coefficient (Wildman–Crippen LogP) is 1.66. The van der Waals surface area contributed by atoms with Crippen molar-refractivity contribution in [2.75, 3.05) is 6.54 Å². The Hall–Kier alpha value is -1.42. The van der Waals surface area contributed by atoms with Crippen LogP contribution in [-0.4, -0.2) is 28.6 Å². The maximum absolute atomic E-state index is 13.0. The van der Waals surface area contributed by atoms with Crippen LogP contribution in [-0.2, 0) is 17.8 Å². The summed E-state index contributed by atoms with van der Waals surface area (Å²) in [6.45, 7) is 2.93. The molecule has 2 rings (SSSR count). The van der Waals surface area contributed by atoms with Crippen molar-refractivity contribution in [3.05, 3.63) is 35.1 Å². The molecule has 1 aliphatic heterocycles. The van der Waals surface area contributed by atoms with Crippen molar-refractivity contribution in [1.29, 1.82) is 0 Å². The maximum Gasteiger partial charge on any atom is 0.320 e. The summed E-state index contributed by atoms with van der Waals surface area (Å²) in [4.78, 5) is 12.8. The molecule has 0 amide bonds. The predicted molar refractivity (Wildman–Crippen MR) is 57.6 cm³/mol. The highest BCUT2D eigenvalue weighted by Gasteiger charge is 2.24. The van der Waals surface area contributed by atoms with Crippen LogP contribution in [0, 0.1) is 5.82 Å². The average molecular weight is 223 g/mol. The molecule has 1 atom stereocenters. The highest BCUT2D eigenvalue weighted by atomic mass is 19.1. The Labute approximate surface area is 93.5 Å². The highest BCUT2D eigenvalue weighted by Crippen LogP contribution is 2.21. The Morgan fingerprint density at radius 3 is 2.94 bits per heavy atom. The van der Waals surface area contributed by atoms with Crippen molar-refractivity contribution in [2.24, 2.45) is 0 Å². The summed E-state index contributed by atoms with van der Waals surface area (Å²) in [5, 5.41) is 8.92. The highest BCUT2D eigenvalue weighted by molar-refractivity contribution is 5.72. The Bertz CT molecular complexity index is 419.